The van der Waals surface area contributed by atoms with E-state index in [1.807, 2.05) is 0 Å². The maximum Gasteiger partial charge on any atom is 0.417 e. The van der Waals surface area contributed by atoms with Gasteiger partial charge in [-0.05, 0) is 18.9 Å². The van der Waals surface area contributed by atoms with Gasteiger partial charge in [0.25, 0.3) is 0 Å². The van der Waals surface area contributed by atoms with E-state index in [0.29, 0.717) is 18.5 Å². The number of aryl methyl sites for hydroxylation is 1. The van der Waals surface area contributed by atoms with Crippen molar-refractivity contribution in [2.45, 2.75) is 25.4 Å². The lowest BCUT2D eigenvalue weighted by Gasteiger charge is -2.10. The molecule has 0 N–H and O–H groups in total. The standard InChI is InChI=1S/C14H10F3NOS/c15-14(16,17)9-5-2-1-4-8(9)13-18-12-10(19)6-3-7-11(12)20-13/h1-2,4-5H,3,6-7H2. The van der Waals surface area contributed by atoms with Gasteiger partial charge in [0.2, 0.25) is 0 Å². The van der Waals surface area contributed by atoms with E-state index in [1.54, 1.807) is 6.07 Å². The van der Waals surface area contributed by atoms with Gasteiger partial charge < -0.3 is 0 Å². The normalized spacial score (nSPS) is 15.2. The van der Waals surface area contributed by atoms with Crippen LogP contribution in [0.25, 0.3) is 10.6 Å². The number of thiazole rings is 1. The molecule has 0 unspecified atom stereocenters. The summed E-state index contributed by atoms with van der Waals surface area (Å²) in [6.45, 7) is 0. The lowest BCUT2D eigenvalue weighted by molar-refractivity contribution is -0.137. The minimum absolute atomic E-state index is 0.0483. The number of hydrogen-bond acceptors (Lipinski definition) is 3. The van der Waals surface area contributed by atoms with E-state index in [1.165, 1.54) is 23.5 Å². The van der Waals surface area contributed by atoms with Crippen LogP contribution >= 0.6 is 11.3 Å². The molecule has 1 aromatic carbocycles. The third-order valence-corrected chi connectivity index (χ3v) is 4.38. The molecule has 2 nitrogen and oxygen atoms in total. The Kier molecular flexibility index (Phi) is 3.12. The smallest absolute Gasteiger partial charge is 0.292 e. The second kappa shape index (κ2) is 4.70. The molecule has 6 heteroatoms. The maximum atomic E-state index is 13.0. The van der Waals surface area contributed by atoms with Crippen molar-refractivity contribution in [1.29, 1.82) is 0 Å². The maximum absolute atomic E-state index is 13.0. The Morgan fingerprint density at radius 2 is 1.90 bits per heavy atom. The second-order valence-corrected chi connectivity index (χ2v) is 5.69. The molecule has 1 heterocycles. The first-order valence-electron chi connectivity index (χ1n) is 6.16. The van der Waals surface area contributed by atoms with Crippen molar-refractivity contribution in [1.82, 2.24) is 4.98 Å². The first-order chi connectivity index (χ1) is 9.47. The zero-order valence-corrected chi connectivity index (χ0v) is 11.1. The number of hydrogen-bond donors (Lipinski definition) is 0. The predicted octanol–water partition coefficient (Wildman–Crippen LogP) is 4.35. The molecule has 0 saturated heterocycles. The molecule has 0 aliphatic heterocycles. The Morgan fingerprint density at radius 3 is 2.60 bits per heavy atom. The first-order valence-corrected chi connectivity index (χ1v) is 6.98. The van der Waals surface area contributed by atoms with E-state index in [4.69, 9.17) is 0 Å². The highest BCUT2D eigenvalue weighted by Crippen LogP contribution is 2.40. The summed E-state index contributed by atoms with van der Waals surface area (Å²) in [4.78, 5) is 16.7. The Bertz CT molecular complexity index is 675. The lowest BCUT2D eigenvalue weighted by Crippen LogP contribution is -2.09. The van der Waals surface area contributed by atoms with Crippen LogP contribution in [0.15, 0.2) is 24.3 Å². The van der Waals surface area contributed by atoms with Gasteiger partial charge in [0.05, 0.1) is 5.56 Å². The summed E-state index contributed by atoms with van der Waals surface area (Å²) >= 11 is 1.19. The quantitative estimate of drug-likeness (QED) is 0.783. The van der Waals surface area contributed by atoms with Crippen molar-refractivity contribution in [2.75, 3.05) is 0 Å². The monoisotopic (exact) mass is 297 g/mol. The average Bonchev–Trinajstić information content (AvgIpc) is 2.83. The van der Waals surface area contributed by atoms with Crippen LogP contribution in [0.4, 0.5) is 13.2 Å². The summed E-state index contributed by atoms with van der Waals surface area (Å²) in [5, 5.41) is 0.276. The molecule has 0 saturated carbocycles. The van der Waals surface area contributed by atoms with Crippen LogP contribution in [0.1, 0.15) is 33.8 Å². The number of alkyl halides is 3. The van der Waals surface area contributed by atoms with Gasteiger partial charge in [-0.25, -0.2) is 4.98 Å². The van der Waals surface area contributed by atoms with Crippen LogP contribution in [0.3, 0.4) is 0 Å². The third kappa shape index (κ3) is 2.24. The van der Waals surface area contributed by atoms with Crippen LogP contribution in [0.2, 0.25) is 0 Å². The molecule has 20 heavy (non-hydrogen) atoms. The molecule has 0 amide bonds. The summed E-state index contributed by atoms with van der Waals surface area (Å²) in [6, 6.07) is 5.34. The number of benzene rings is 1. The molecule has 104 valence electrons. The van der Waals surface area contributed by atoms with Crippen molar-refractivity contribution >= 4 is 17.1 Å². The summed E-state index contributed by atoms with van der Waals surface area (Å²) in [5.74, 6) is -0.0711. The lowest BCUT2D eigenvalue weighted by atomic mass is 10.0. The Balaban J connectivity index is 2.13. The number of ketones is 1. The van der Waals surface area contributed by atoms with E-state index >= 15 is 0 Å². The van der Waals surface area contributed by atoms with Crippen molar-refractivity contribution < 1.29 is 18.0 Å². The average molecular weight is 297 g/mol. The van der Waals surface area contributed by atoms with E-state index in [2.05, 4.69) is 4.98 Å². The van der Waals surface area contributed by atoms with Gasteiger partial charge in [0.1, 0.15) is 10.7 Å². The van der Waals surface area contributed by atoms with Crippen LogP contribution in [0.5, 0.6) is 0 Å². The molecule has 0 radical (unpaired) electrons. The van der Waals surface area contributed by atoms with Gasteiger partial charge >= 0.3 is 6.18 Å². The van der Waals surface area contributed by atoms with Gasteiger partial charge in [-0.15, -0.1) is 11.3 Å². The van der Waals surface area contributed by atoms with Crippen molar-refractivity contribution in [2.24, 2.45) is 0 Å². The molecular weight excluding hydrogens is 287 g/mol. The van der Waals surface area contributed by atoms with Gasteiger partial charge in [-0.1, -0.05) is 18.2 Å². The summed E-state index contributed by atoms with van der Waals surface area (Å²) in [5.41, 5.74) is -0.307. The molecule has 0 bridgehead atoms. The highest BCUT2D eigenvalue weighted by Gasteiger charge is 2.34. The number of Topliss-reactive ketones (excluding diaryl/α,β-unsaturated/α-hetero) is 1. The van der Waals surface area contributed by atoms with E-state index in [9.17, 15) is 18.0 Å². The molecule has 0 fully saturated rings. The number of fused-ring (bicyclic) bond motifs is 1. The highest BCUT2D eigenvalue weighted by molar-refractivity contribution is 7.15. The van der Waals surface area contributed by atoms with Gasteiger partial charge in [0.15, 0.2) is 5.78 Å². The zero-order chi connectivity index (χ0) is 14.3. The number of rotatable bonds is 1. The largest absolute Gasteiger partial charge is 0.417 e. The fraction of sp³-hybridized carbons (Fsp3) is 0.286. The molecule has 0 atom stereocenters. The topological polar surface area (TPSA) is 30.0 Å². The van der Waals surface area contributed by atoms with Crippen LogP contribution in [-0.4, -0.2) is 10.8 Å². The molecule has 2 aromatic rings. The van der Waals surface area contributed by atoms with Gasteiger partial charge in [-0.2, -0.15) is 13.2 Å². The molecule has 1 aliphatic carbocycles. The predicted molar refractivity (Wildman–Crippen MR) is 69.8 cm³/mol. The minimum Gasteiger partial charge on any atom is -0.292 e. The number of halogens is 3. The molecule has 3 rings (SSSR count). The summed E-state index contributed by atoms with van der Waals surface area (Å²) in [6.07, 6.45) is -2.54. The van der Waals surface area contributed by atoms with Crippen LogP contribution in [0, 0.1) is 0 Å². The SMILES string of the molecule is O=C1CCCc2sc(-c3ccccc3C(F)(F)F)nc21. The Morgan fingerprint density at radius 1 is 1.15 bits per heavy atom. The van der Waals surface area contributed by atoms with E-state index in [0.717, 1.165) is 17.4 Å². The van der Waals surface area contributed by atoms with E-state index < -0.39 is 11.7 Å². The Labute approximate surface area is 117 Å². The number of carbonyl (C=O) groups excluding carboxylic acids is 1. The molecule has 0 spiro atoms. The van der Waals surface area contributed by atoms with Crippen molar-refractivity contribution in [3.05, 3.63) is 40.4 Å². The molecular formula is C14H10F3NOS. The first kappa shape index (κ1) is 13.3. The summed E-state index contributed by atoms with van der Waals surface area (Å²) in [7, 11) is 0. The number of nitrogens with zero attached hydrogens (tertiary/aromatic N) is 1. The van der Waals surface area contributed by atoms with Gasteiger partial charge in [-0.3, -0.25) is 4.79 Å². The minimum atomic E-state index is -4.42. The zero-order valence-electron chi connectivity index (χ0n) is 10.3. The van der Waals surface area contributed by atoms with E-state index in [-0.39, 0.29) is 16.4 Å². The van der Waals surface area contributed by atoms with Crippen LogP contribution < -0.4 is 0 Å². The van der Waals surface area contributed by atoms with Gasteiger partial charge in [0, 0.05) is 16.9 Å². The van der Waals surface area contributed by atoms with Crippen molar-refractivity contribution in [3.63, 3.8) is 0 Å². The highest BCUT2D eigenvalue weighted by atomic mass is 32.1. The number of carbonyl (C=O) groups is 1. The van der Waals surface area contributed by atoms with Crippen LogP contribution in [-0.2, 0) is 12.6 Å². The fourth-order valence-corrected chi connectivity index (χ4v) is 3.46. The molecule has 1 aliphatic rings. The third-order valence-electron chi connectivity index (χ3n) is 3.23. The molecule has 1 aromatic heterocycles. The second-order valence-electron chi connectivity index (χ2n) is 4.61. The van der Waals surface area contributed by atoms with Crippen molar-refractivity contribution in [3.8, 4) is 10.6 Å². The summed E-state index contributed by atoms with van der Waals surface area (Å²) < 4.78 is 39.0. The number of aromatic nitrogens is 1. The Hall–Kier alpha value is -1.69. The fourth-order valence-electron chi connectivity index (χ4n) is 2.30.